The van der Waals surface area contributed by atoms with Gasteiger partial charge in [0.1, 0.15) is 6.10 Å². The van der Waals surface area contributed by atoms with Crippen molar-refractivity contribution in [3.8, 4) is 0 Å². The number of ether oxygens (including phenoxy) is 1. The van der Waals surface area contributed by atoms with Crippen LogP contribution in [-0.4, -0.2) is 46.9 Å². The van der Waals surface area contributed by atoms with Crippen LogP contribution in [-0.2, 0) is 14.3 Å². The van der Waals surface area contributed by atoms with Crippen LogP contribution in [0.5, 0.6) is 0 Å². The highest BCUT2D eigenvalue weighted by atomic mass is 16.5. The summed E-state index contributed by atoms with van der Waals surface area (Å²) in [5.74, 6) is -0.472. The molecule has 0 aliphatic rings. The number of aliphatic hydroxyl groups is 2. The van der Waals surface area contributed by atoms with E-state index in [1.807, 2.05) is 0 Å². The van der Waals surface area contributed by atoms with Gasteiger partial charge in [-0.25, -0.2) is 0 Å². The van der Waals surface area contributed by atoms with Crippen molar-refractivity contribution in [3.63, 3.8) is 0 Å². The number of unbranched alkanes of at least 4 members (excludes halogenated alkanes) is 35. The zero-order valence-electron chi connectivity index (χ0n) is 41.8. The Morgan fingerprint density at radius 2 is 0.806 bits per heavy atom. The van der Waals surface area contributed by atoms with Crippen LogP contribution in [0.25, 0.3) is 0 Å². The first-order valence-electron chi connectivity index (χ1n) is 27.6. The van der Waals surface area contributed by atoms with Gasteiger partial charge >= 0.3 is 5.97 Å². The molecule has 0 bridgehead atoms. The molecule has 0 rings (SSSR count). The average molecular weight is 874 g/mol. The SMILES string of the molecule is CCCCC/C=C/C=C/CCCCCCCCC(=O)OC(CCCCCCCCCCCCC)CC(=O)NC(CO)C(O)CCCCCCCCCCCCCCCCCCC. The molecule has 6 heteroatoms. The number of rotatable bonds is 50. The van der Waals surface area contributed by atoms with E-state index in [-0.39, 0.29) is 24.9 Å². The van der Waals surface area contributed by atoms with Gasteiger partial charge in [-0.1, -0.05) is 257 Å². The van der Waals surface area contributed by atoms with E-state index >= 15 is 0 Å². The van der Waals surface area contributed by atoms with Crippen LogP contribution in [0.1, 0.15) is 297 Å². The topological polar surface area (TPSA) is 95.9 Å². The third-order valence-corrected chi connectivity index (χ3v) is 12.8. The lowest BCUT2D eigenvalue weighted by atomic mass is 10.0. The Bertz CT molecular complexity index is 981. The smallest absolute Gasteiger partial charge is 0.306 e. The summed E-state index contributed by atoms with van der Waals surface area (Å²) in [7, 11) is 0. The molecule has 3 unspecified atom stereocenters. The Labute approximate surface area is 386 Å². The average Bonchev–Trinajstić information content (AvgIpc) is 3.26. The molecule has 0 heterocycles. The molecule has 0 aliphatic heterocycles. The van der Waals surface area contributed by atoms with Crippen molar-refractivity contribution in [2.45, 2.75) is 315 Å². The summed E-state index contributed by atoms with van der Waals surface area (Å²) in [5, 5.41) is 23.8. The van der Waals surface area contributed by atoms with Gasteiger partial charge in [-0.3, -0.25) is 9.59 Å². The number of carbonyl (C=O) groups is 2. The lowest BCUT2D eigenvalue weighted by molar-refractivity contribution is -0.151. The van der Waals surface area contributed by atoms with Crippen molar-refractivity contribution in [2.24, 2.45) is 0 Å². The minimum Gasteiger partial charge on any atom is -0.462 e. The van der Waals surface area contributed by atoms with Crippen LogP contribution >= 0.6 is 0 Å². The van der Waals surface area contributed by atoms with Crippen LogP contribution in [0.2, 0.25) is 0 Å². The monoisotopic (exact) mass is 874 g/mol. The summed E-state index contributed by atoms with van der Waals surface area (Å²) in [6, 6.07) is -0.699. The van der Waals surface area contributed by atoms with E-state index in [2.05, 4.69) is 50.4 Å². The molecule has 0 spiro atoms. The van der Waals surface area contributed by atoms with Gasteiger partial charge in [-0.05, 0) is 51.4 Å². The second-order valence-corrected chi connectivity index (χ2v) is 19.0. The van der Waals surface area contributed by atoms with E-state index in [1.165, 1.54) is 199 Å². The first-order valence-corrected chi connectivity index (χ1v) is 27.6. The number of hydrogen-bond acceptors (Lipinski definition) is 5. The zero-order valence-corrected chi connectivity index (χ0v) is 41.8. The number of esters is 1. The van der Waals surface area contributed by atoms with Gasteiger partial charge < -0.3 is 20.3 Å². The molecule has 0 aromatic carbocycles. The van der Waals surface area contributed by atoms with Crippen LogP contribution in [0.15, 0.2) is 24.3 Å². The van der Waals surface area contributed by atoms with Crippen molar-refractivity contribution in [2.75, 3.05) is 6.61 Å². The third-order valence-electron chi connectivity index (χ3n) is 12.8. The highest BCUT2D eigenvalue weighted by Crippen LogP contribution is 2.19. The van der Waals surface area contributed by atoms with E-state index in [0.29, 0.717) is 19.3 Å². The van der Waals surface area contributed by atoms with E-state index < -0.39 is 18.2 Å². The molecule has 0 saturated heterocycles. The maximum atomic E-state index is 13.2. The number of hydrogen-bond donors (Lipinski definition) is 3. The molecule has 3 atom stereocenters. The number of aliphatic hydroxyl groups excluding tert-OH is 2. The molecule has 1 amide bonds. The molecule has 0 radical (unpaired) electrons. The molecule has 6 nitrogen and oxygen atoms in total. The molecule has 0 aliphatic carbocycles. The Balaban J connectivity index is 4.46. The van der Waals surface area contributed by atoms with Crippen molar-refractivity contribution in [3.05, 3.63) is 24.3 Å². The maximum Gasteiger partial charge on any atom is 0.306 e. The maximum absolute atomic E-state index is 13.2. The third kappa shape index (κ3) is 44.9. The van der Waals surface area contributed by atoms with Crippen LogP contribution in [0.4, 0.5) is 0 Å². The van der Waals surface area contributed by atoms with Gasteiger partial charge in [0.25, 0.3) is 0 Å². The summed E-state index contributed by atoms with van der Waals surface area (Å²) in [6.07, 6.45) is 58.1. The summed E-state index contributed by atoms with van der Waals surface area (Å²) in [5.41, 5.74) is 0. The molecule has 366 valence electrons. The Hall–Kier alpha value is -1.66. The molecule has 0 fully saturated rings. The normalized spacial score (nSPS) is 13.3. The lowest BCUT2D eigenvalue weighted by Gasteiger charge is -2.24. The van der Waals surface area contributed by atoms with Gasteiger partial charge in [0.2, 0.25) is 5.91 Å². The number of amides is 1. The standard InChI is InChI=1S/C56H107NO5/c1-4-7-10-13-16-19-22-24-26-27-29-30-33-36-39-42-45-48-54(59)53(51-58)57-55(60)50-52(47-44-41-38-35-32-21-18-15-12-9-6-3)62-56(61)49-46-43-40-37-34-31-28-25-23-20-17-14-11-8-5-2/h17,20,23,25,52-54,58-59H,4-16,18-19,21-22,24,26-51H2,1-3H3,(H,57,60)/b20-17+,25-23+. The minimum atomic E-state index is -0.785. The molecule has 0 aromatic heterocycles. The van der Waals surface area contributed by atoms with E-state index in [9.17, 15) is 19.8 Å². The summed E-state index contributed by atoms with van der Waals surface area (Å²) >= 11 is 0. The Kier molecular flexibility index (Phi) is 49.0. The summed E-state index contributed by atoms with van der Waals surface area (Å²) < 4.78 is 5.94. The molecule has 3 N–H and O–H groups in total. The second-order valence-electron chi connectivity index (χ2n) is 19.0. The van der Waals surface area contributed by atoms with Gasteiger partial charge in [-0.15, -0.1) is 0 Å². The molecule has 62 heavy (non-hydrogen) atoms. The second kappa shape index (κ2) is 50.3. The van der Waals surface area contributed by atoms with Gasteiger partial charge in [0.15, 0.2) is 0 Å². The Morgan fingerprint density at radius 3 is 1.23 bits per heavy atom. The highest BCUT2D eigenvalue weighted by Gasteiger charge is 2.24. The van der Waals surface area contributed by atoms with Crippen molar-refractivity contribution < 1.29 is 24.5 Å². The van der Waals surface area contributed by atoms with Gasteiger partial charge in [0.05, 0.1) is 25.2 Å². The Morgan fingerprint density at radius 1 is 0.468 bits per heavy atom. The van der Waals surface area contributed by atoms with Crippen molar-refractivity contribution in [1.29, 1.82) is 0 Å². The predicted molar refractivity (Wildman–Crippen MR) is 269 cm³/mol. The fourth-order valence-electron chi connectivity index (χ4n) is 8.60. The van der Waals surface area contributed by atoms with Crippen molar-refractivity contribution in [1.82, 2.24) is 5.32 Å². The fourth-order valence-corrected chi connectivity index (χ4v) is 8.60. The lowest BCUT2D eigenvalue weighted by Crippen LogP contribution is -2.46. The van der Waals surface area contributed by atoms with Crippen LogP contribution in [0, 0.1) is 0 Å². The van der Waals surface area contributed by atoms with Gasteiger partial charge in [0, 0.05) is 6.42 Å². The summed E-state index contributed by atoms with van der Waals surface area (Å²) in [4.78, 5) is 26.2. The fraction of sp³-hybridized carbons (Fsp3) is 0.893. The first kappa shape index (κ1) is 60.3. The molecule has 0 aromatic rings. The number of nitrogens with one attached hydrogen (secondary N) is 1. The zero-order chi connectivity index (χ0) is 45.2. The highest BCUT2D eigenvalue weighted by molar-refractivity contribution is 5.77. The van der Waals surface area contributed by atoms with E-state index in [0.717, 1.165) is 51.4 Å². The van der Waals surface area contributed by atoms with Crippen LogP contribution in [0.3, 0.4) is 0 Å². The first-order chi connectivity index (χ1) is 30.5. The van der Waals surface area contributed by atoms with E-state index in [1.54, 1.807) is 0 Å². The molecule has 0 saturated carbocycles. The minimum absolute atomic E-state index is 0.0783. The van der Waals surface area contributed by atoms with Crippen molar-refractivity contribution >= 4 is 11.9 Å². The molecular formula is C56H107NO5. The quantitative estimate of drug-likeness (QED) is 0.0321. The van der Waals surface area contributed by atoms with Gasteiger partial charge in [-0.2, -0.15) is 0 Å². The largest absolute Gasteiger partial charge is 0.462 e. The predicted octanol–water partition coefficient (Wildman–Crippen LogP) is 16.7. The van der Waals surface area contributed by atoms with E-state index in [4.69, 9.17) is 4.74 Å². The summed E-state index contributed by atoms with van der Waals surface area (Å²) in [6.45, 7) is 6.48. The number of carbonyl (C=O) groups excluding carboxylic acids is 2. The molecular weight excluding hydrogens is 767 g/mol. The van der Waals surface area contributed by atoms with Crippen LogP contribution < -0.4 is 5.32 Å². The number of allylic oxidation sites excluding steroid dienone is 4.